The van der Waals surface area contributed by atoms with Crippen LogP contribution in [0.4, 0.5) is 5.69 Å². The fourth-order valence-corrected chi connectivity index (χ4v) is 2.13. The molecule has 3 heteroatoms. The van der Waals surface area contributed by atoms with Crippen LogP contribution in [0.3, 0.4) is 0 Å². The maximum atomic E-state index is 11.6. The number of carbonyl (C=O) groups is 1. The van der Waals surface area contributed by atoms with Crippen molar-refractivity contribution in [3.63, 3.8) is 0 Å². The molecule has 0 aromatic heterocycles. The van der Waals surface area contributed by atoms with Crippen molar-refractivity contribution in [2.45, 2.75) is 25.7 Å². The fourth-order valence-electron chi connectivity index (χ4n) is 1.77. The predicted molar refractivity (Wildman–Crippen MR) is 74.3 cm³/mol. The summed E-state index contributed by atoms with van der Waals surface area (Å²) in [6, 6.07) is 8.13. The van der Waals surface area contributed by atoms with Crippen LogP contribution in [-0.2, 0) is 4.79 Å². The molecular formula is C13H14INO. The zero-order valence-corrected chi connectivity index (χ0v) is 11.2. The molecule has 1 N–H and O–H groups in total. The summed E-state index contributed by atoms with van der Waals surface area (Å²) < 4.78 is 1.21. The number of rotatable bonds is 2. The Morgan fingerprint density at radius 1 is 1.12 bits per heavy atom. The van der Waals surface area contributed by atoms with Gasteiger partial charge >= 0.3 is 0 Å². The standard InChI is InChI=1S/C13H14INO/c14-11-5-7-12(8-6-11)15-9-10-3-1-2-4-13(10)16/h5-9,15H,1-4H2/b10-9-. The number of carbonyl (C=O) groups excluding carboxylic acids is 1. The summed E-state index contributed by atoms with van der Waals surface area (Å²) in [6.45, 7) is 0. The molecule has 0 unspecified atom stereocenters. The molecule has 1 aliphatic rings. The first kappa shape index (κ1) is 11.6. The Hall–Kier alpha value is -0.840. The minimum absolute atomic E-state index is 0.296. The van der Waals surface area contributed by atoms with Gasteiger partial charge in [0.1, 0.15) is 0 Å². The molecular weight excluding hydrogens is 313 g/mol. The molecule has 0 amide bonds. The van der Waals surface area contributed by atoms with Crippen molar-refractivity contribution in [1.82, 2.24) is 0 Å². The quantitative estimate of drug-likeness (QED) is 0.662. The fraction of sp³-hybridized carbons (Fsp3) is 0.308. The van der Waals surface area contributed by atoms with Crippen LogP contribution in [0.25, 0.3) is 0 Å². The first-order valence-electron chi connectivity index (χ1n) is 5.50. The molecule has 2 nitrogen and oxygen atoms in total. The Morgan fingerprint density at radius 3 is 2.50 bits per heavy atom. The van der Waals surface area contributed by atoms with E-state index in [-0.39, 0.29) is 0 Å². The molecule has 0 aliphatic heterocycles. The van der Waals surface area contributed by atoms with E-state index in [1.165, 1.54) is 3.57 Å². The predicted octanol–water partition coefficient (Wildman–Crippen LogP) is 3.73. The number of halogens is 1. The normalized spacial score (nSPS) is 18.8. The van der Waals surface area contributed by atoms with Crippen LogP contribution >= 0.6 is 22.6 Å². The lowest BCUT2D eigenvalue weighted by Crippen LogP contribution is -2.09. The third-order valence-corrected chi connectivity index (χ3v) is 3.43. The van der Waals surface area contributed by atoms with Crippen LogP contribution in [-0.4, -0.2) is 5.78 Å². The summed E-state index contributed by atoms with van der Waals surface area (Å²) in [5, 5.41) is 3.19. The van der Waals surface area contributed by atoms with Crippen LogP contribution < -0.4 is 5.32 Å². The lowest BCUT2D eigenvalue weighted by Gasteiger charge is -2.12. The number of nitrogens with one attached hydrogen (secondary N) is 1. The highest BCUT2D eigenvalue weighted by molar-refractivity contribution is 14.1. The molecule has 0 spiro atoms. The van der Waals surface area contributed by atoms with Crippen molar-refractivity contribution in [1.29, 1.82) is 0 Å². The Kier molecular flexibility index (Phi) is 3.98. The number of anilines is 1. The van der Waals surface area contributed by atoms with Crippen LogP contribution in [0, 0.1) is 3.57 Å². The Labute approximate surface area is 109 Å². The van der Waals surface area contributed by atoms with Gasteiger partial charge < -0.3 is 5.32 Å². The minimum atomic E-state index is 0.296. The van der Waals surface area contributed by atoms with Crippen LogP contribution in [0.1, 0.15) is 25.7 Å². The topological polar surface area (TPSA) is 29.1 Å². The zero-order valence-electron chi connectivity index (χ0n) is 9.00. The second-order valence-corrected chi connectivity index (χ2v) is 5.20. The Bertz CT molecular complexity index is 408. The van der Waals surface area contributed by atoms with Gasteiger partial charge in [0.25, 0.3) is 0 Å². The van der Waals surface area contributed by atoms with E-state index in [0.29, 0.717) is 12.2 Å². The van der Waals surface area contributed by atoms with Gasteiger partial charge in [0, 0.05) is 27.5 Å². The van der Waals surface area contributed by atoms with Gasteiger partial charge in [-0.05, 0) is 66.1 Å². The maximum absolute atomic E-state index is 11.6. The maximum Gasteiger partial charge on any atom is 0.160 e. The summed E-state index contributed by atoms with van der Waals surface area (Å²) in [6.07, 6.45) is 5.66. The van der Waals surface area contributed by atoms with E-state index in [1.807, 2.05) is 30.5 Å². The van der Waals surface area contributed by atoms with E-state index in [0.717, 1.165) is 30.5 Å². The molecule has 16 heavy (non-hydrogen) atoms. The number of Topliss-reactive ketones (excluding diaryl/α,β-unsaturated/α-hetero) is 1. The first-order valence-corrected chi connectivity index (χ1v) is 6.58. The van der Waals surface area contributed by atoms with Crippen molar-refractivity contribution in [3.05, 3.63) is 39.6 Å². The molecule has 1 saturated carbocycles. The third-order valence-electron chi connectivity index (χ3n) is 2.72. The van der Waals surface area contributed by atoms with E-state index >= 15 is 0 Å². The van der Waals surface area contributed by atoms with Crippen molar-refractivity contribution in [3.8, 4) is 0 Å². The summed E-state index contributed by atoms with van der Waals surface area (Å²) in [4.78, 5) is 11.6. The van der Waals surface area contributed by atoms with E-state index in [4.69, 9.17) is 0 Å². The van der Waals surface area contributed by atoms with E-state index in [2.05, 4.69) is 27.9 Å². The lowest BCUT2D eigenvalue weighted by atomic mass is 9.94. The van der Waals surface area contributed by atoms with E-state index in [1.54, 1.807) is 0 Å². The number of allylic oxidation sites excluding steroid dienone is 1. The van der Waals surface area contributed by atoms with Gasteiger partial charge in [-0.25, -0.2) is 0 Å². The molecule has 84 valence electrons. The van der Waals surface area contributed by atoms with Crippen LogP contribution in [0.2, 0.25) is 0 Å². The molecule has 0 saturated heterocycles. The highest BCUT2D eigenvalue weighted by Gasteiger charge is 2.14. The van der Waals surface area contributed by atoms with Crippen molar-refractivity contribution in [2.75, 3.05) is 5.32 Å². The molecule has 0 heterocycles. The molecule has 1 fully saturated rings. The summed E-state index contributed by atoms with van der Waals surface area (Å²) in [5.41, 5.74) is 1.97. The largest absolute Gasteiger partial charge is 0.361 e. The van der Waals surface area contributed by atoms with Gasteiger partial charge in [-0.2, -0.15) is 0 Å². The van der Waals surface area contributed by atoms with Crippen LogP contribution in [0.5, 0.6) is 0 Å². The second-order valence-electron chi connectivity index (χ2n) is 3.95. The summed E-state index contributed by atoms with van der Waals surface area (Å²) >= 11 is 2.27. The highest BCUT2D eigenvalue weighted by Crippen LogP contribution is 2.20. The van der Waals surface area contributed by atoms with Gasteiger partial charge in [0.05, 0.1) is 0 Å². The second kappa shape index (κ2) is 5.48. The monoisotopic (exact) mass is 327 g/mol. The number of ketones is 1. The van der Waals surface area contributed by atoms with Gasteiger partial charge in [0.2, 0.25) is 0 Å². The summed E-state index contributed by atoms with van der Waals surface area (Å²) in [7, 11) is 0. The molecule has 1 aromatic carbocycles. The molecule has 0 radical (unpaired) electrons. The van der Waals surface area contributed by atoms with Crippen molar-refractivity contribution < 1.29 is 4.79 Å². The number of hydrogen-bond acceptors (Lipinski definition) is 2. The summed E-state index contributed by atoms with van der Waals surface area (Å²) in [5.74, 6) is 0.296. The Balaban J connectivity index is 2.02. The van der Waals surface area contributed by atoms with Crippen LogP contribution in [0.15, 0.2) is 36.0 Å². The van der Waals surface area contributed by atoms with Crippen molar-refractivity contribution >= 4 is 34.1 Å². The third kappa shape index (κ3) is 3.07. The number of benzene rings is 1. The smallest absolute Gasteiger partial charge is 0.160 e. The molecule has 0 bridgehead atoms. The molecule has 0 atom stereocenters. The lowest BCUT2D eigenvalue weighted by molar-refractivity contribution is -0.116. The molecule has 2 rings (SSSR count). The van der Waals surface area contributed by atoms with E-state index < -0.39 is 0 Å². The SMILES string of the molecule is O=C1CCCC/C1=C/Nc1ccc(I)cc1. The van der Waals surface area contributed by atoms with Gasteiger partial charge in [0.15, 0.2) is 5.78 Å². The van der Waals surface area contributed by atoms with Gasteiger partial charge in [-0.1, -0.05) is 0 Å². The van der Waals surface area contributed by atoms with E-state index in [9.17, 15) is 4.79 Å². The zero-order chi connectivity index (χ0) is 11.4. The Morgan fingerprint density at radius 2 is 1.81 bits per heavy atom. The first-order chi connectivity index (χ1) is 7.75. The van der Waals surface area contributed by atoms with Crippen molar-refractivity contribution in [2.24, 2.45) is 0 Å². The highest BCUT2D eigenvalue weighted by atomic mass is 127. The minimum Gasteiger partial charge on any atom is -0.361 e. The van der Waals surface area contributed by atoms with Gasteiger partial charge in [-0.3, -0.25) is 4.79 Å². The number of hydrogen-bond donors (Lipinski definition) is 1. The molecule has 1 aliphatic carbocycles. The van der Waals surface area contributed by atoms with Gasteiger partial charge in [-0.15, -0.1) is 0 Å². The molecule has 1 aromatic rings. The average molecular weight is 327 g/mol. The average Bonchev–Trinajstić information content (AvgIpc) is 2.30.